The fraction of sp³-hybridized carbons (Fsp3) is 0.778. The van der Waals surface area contributed by atoms with Gasteiger partial charge in [0.15, 0.2) is 0 Å². The number of aromatic nitrogens is 2. The summed E-state index contributed by atoms with van der Waals surface area (Å²) < 4.78 is 5.50. The summed E-state index contributed by atoms with van der Waals surface area (Å²) in [7, 11) is 2.12. The molecule has 1 fully saturated rings. The van der Waals surface area contributed by atoms with Crippen LogP contribution in [0.2, 0.25) is 0 Å². The topological polar surface area (TPSA) is 45.4 Å². The molecular weight excluding hydrogens is 216 g/mol. The van der Waals surface area contributed by atoms with Crippen molar-refractivity contribution in [1.82, 2.24) is 15.1 Å². The summed E-state index contributed by atoms with van der Waals surface area (Å²) in [6, 6.07) is 0.628. The first kappa shape index (κ1) is 10.7. The van der Waals surface area contributed by atoms with Crippen LogP contribution in [0, 0.1) is 0 Å². The summed E-state index contributed by atoms with van der Waals surface area (Å²) in [6.45, 7) is 3.96. The van der Waals surface area contributed by atoms with Gasteiger partial charge >= 0.3 is 6.01 Å². The van der Waals surface area contributed by atoms with Crippen LogP contribution in [-0.2, 0) is 6.42 Å². The minimum Gasteiger partial charge on any atom is -0.408 e. The van der Waals surface area contributed by atoms with Crippen LogP contribution < -0.4 is 4.90 Å². The number of nitrogens with zero attached hydrogens (tertiary/aromatic N) is 4. The second-order valence-corrected chi connectivity index (χ2v) is 4.09. The van der Waals surface area contributed by atoms with Crippen LogP contribution in [0.3, 0.4) is 0 Å². The van der Waals surface area contributed by atoms with Gasteiger partial charge in [0.25, 0.3) is 0 Å². The highest BCUT2D eigenvalue weighted by Crippen LogP contribution is 2.14. The zero-order valence-corrected chi connectivity index (χ0v) is 9.57. The molecule has 1 aliphatic heterocycles. The number of hydrogen-bond acceptors (Lipinski definition) is 5. The molecule has 0 aliphatic carbocycles. The van der Waals surface area contributed by atoms with E-state index in [4.69, 9.17) is 16.0 Å². The molecule has 0 radical (unpaired) electrons. The molecule has 0 spiro atoms. The summed E-state index contributed by atoms with van der Waals surface area (Å²) in [5.41, 5.74) is 0. The largest absolute Gasteiger partial charge is 0.408 e. The maximum absolute atomic E-state index is 5.60. The lowest BCUT2D eigenvalue weighted by atomic mass is 10.3. The molecular formula is C9H15ClN4O. The molecule has 0 saturated carbocycles. The van der Waals surface area contributed by atoms with Gasteiger partial charge in [-0.2, -0.15) is 0 Å². The van der Waals surface area contributed by atoms with Gasteiger partial charge in [0.2, 0.25) is 5.89 Å². The van der Waals surface area contributed by atoms with E-state index in [1.165, 1.54) is 0 Å². The Kier molecular flexibility index (Phi) is 3.43. The number of aryl methyl sites for hydroxylation is 1. The minimum atomic E-state index is 0.518. The molecule has 2 heterocycles. The van der Waals surface area contributed by atoms with E-state index in [2.05, 4.69) is 27.0 Å². The Morgan fingerprint density at radius 3 is 2.67 bits per heavy atom. The van der Waals surface area contributed by atoms with Gasteiger partial charge in [0.1, 0.15) is 0 Å². The third kappa shape index (κ3) is 2.60. The van der Waals surface area contributed by atoms with Gasteiger partial charge in [0, 0.05) is 38.5 Å². The summed E-state index contributed by atoms with van der Waals surface area (Å²) in [5, 5.41) is 7.96. The lowest BCUT2D eigenvalue weighted by molar-refractivity contribution is 0.304. The second kappa shape index (κ2) is 4.81. The molecule has 0 unspecified atom stereocenters. The average molecular weight is 231 g/mol. The summed E-state index contributed by atoms with van der Waals surface area (Å²) in [5.74, 6) is 1.14. The van der Waals surface area contributed by atoms with Crippen LogP contribution in [-0.4, -0.2) is 54.2 Å². The van der Waals surface area contributed by atoms with Gasteiger partial charge in [-0.1, -0.05) is 5.10 Å². The molecule has 0 aromatic carbocycles. The minimum absolute atomic E-state index is 0.518. The van der Waals surface area contributed by atoms with Crippen LogP contribution in [0.5, 0.6) is 0 Å². The van der Waals surface area contributed by atoms with E-state index in [1.807, 2.05) is 0 Å². The number of hydrogen-bond donors (Lipinski definition) is 0. The van der Waals surface area contributed by atoms with Gasteiger partial charge in [-0.25, -0.2) is 0 Å². The molecule has 2 rings (SSSR count). The first-order chi connectivity index (χ1) is 7.29. The first-order valence-electron chi connectivity index (χ1n) is 5.11. The molecule has 15 heavy (non-hydrogen) atoms. The predicted octanol–water partition coefficient (Wildman–Crippen LogP) is 0.603. The summed E-state index contributed by atoms with van der Waals surface area (Å²) in [4.78, 5) is 4.40. The van der Waals surface area contributed by atoms with E-state index < -0.39 is 0 Å². The Bertz CT molecular complexity index is 309. The Balaban J connectivity index is 1.96. The molecule has 0 atom stereocenters. The number of piperazine rings is 1. The van der Waals surface area contributed by atoms with E-state index in [-0.39, 0.29) is 0 Å². The molecule has 5 nitrogen and oxygen atoms in total. The zero-order valence-electron chi connectivity index (χ0n) is 8.82. The van der Waals surface area contributed by atoms with Crippen LogP contribution >= 0.6 is 11.6 Å². The van der Waals surface area contributed by atoms with Gasteiger partial charge < -0.3 is 14.2 Å². The lowest BCUT2D eigenvalue weighted by Crippen LogP contribution is -2.44. The maximum atomic E-state index is 5.60. The van der Waals surface area contributed by atoms with Gasteiger partial charge in [-0.05, 0) is 7.05 Å². The molecule has 6 heteroatoms. The Morgan fingerprint density at radius 2 is 2.00 bits per heavy atom. The quantitative estimate of drug-likeness (QED) is 0.712. The van der Waals surface area contributed by atoms with Gasteiger partial charge in [-0.3, -0.25) is 0 Å². The van der Waals surface area contributed by atoms with E-state index >= 15 is 0 Å². The SMILES string of the molecule is CN1CCN(c2nnc(CCCl)o2)CC1. The normalized spacial score (nSPS) is 18.4. The monoisotopic (exact) mass is 230 g/mol. The van der Waals surface area contributed by atoms with Crippen molar-refractivity contribution in [2.75, 3.05) is 44.0 Å². The fourth-order valence-corrected chi connectivity index (χ4v) is 1.71. The molecule has 0 amide bonds. The fourth-order valence-electron chi connectivity index (χ4n) is 1.55. The van der Waals surface area contributed by atoms with Crippen molar-refractivity contribution in [3.8, 4) is 0 Å². The van der Waals surface area contributed by atoms with Crippen LogP contribution in [0.4, 0.5) is 6.01 Å². The highest BCUT2D eigenvalue weighted by Gasteiger charge is 2.18. The maximum Gasteiger partial charge on any atom is 0.318 e. The van der Waals surface area contributed by atoms with E-state index in [1.54, 1.807) is 0 Å². The highest BCUT2D eigenvalue weighted by molar-refractivity contribution is 6.17. The predicted molar refractivity (Wildman–Crippen MR) is 58.4 cm³/mol. The molecule has 1 aromatic rings. The standard InChI is InChI=1S/C9H15ClN4O/c1-13-4-6-14(7-5-13)9-12-11-8(15-9)2-3-10/h2-7H2,1H3. The second-order valence-electron chi connectivity index (χ2n) is 3.71. The Hall–Kier alpha value is -0.810. The molecule has 1 saturated heterocycles. The first-order valence-corrected chi connectivity index (χ1v) is 5.65. The van der Waals surface area contributed by atoms with E-state index in [9.17, 15) is 0 Å². The third-order valence-corrected chi connectivity index (χ3v) is 2.73. The molecule has 1 aromatic heterocycles. The number of alkyl halides is 1. The van der Waals surface area contributed by atoms with Crippen molar-refractivity contribution in [3.63, 3.8) is 0 Å². The molecule has 0 bridgehead atoms. The zero-order chi connectivity index (χ0) is 10.7. The molecule has 0 N–H and O–H groups in total. The van der Waals surface area contributed by atoms with Crippen molar-refractivity contribution in [1.29, 1.82) is 0 Å². The van der Waals surface area contributed by atoms with Crippen molar-refractivity contribution < 1.29 is 4.42 Å². The third-order valence-electron chi connectivity index (χ3n) is 2.54. The van der Waals surface area contributed by atoms with Crippen LogP contribution in [0.15, 0.2) is 4.42 Å². The smallest absolute Gasteiger partial charge is 0.318 e. The Labute approximate surface area is 94.0 Å². The summed E-state index contributed by atoms with van der Waals surface area (Å²) in [6.07, 6.45) is 0.641. The average Bonchev–Trinajstić information content (AvgIpc) is 2.68. The van der Waals surface area contributed by atoms with Crippen molar-refractivity contribution in [3.05, 3.63) is 5.89 Å². The van der Waals surface area contributed by atoms with Crippen LogP contribution in [0.25, 0.3) is 0 Å². The van der Waals surface area contributed by atoms with Gasteiger partial charge in [-0.15, -0.1) is 16.7 Å². The molecule has 1 aliphatic rings. The van der Waals surface area contributed by atoms with E-state index in [0.29, 0.717) is 24.2 Å². The van der Waals surface area contributed by atoms with Crippen molar-refractivity contribution in [2.24, 2.45) is 0 Å². The number of rotatable bonds is 3. The molecule has 84 valence electrons. The summed E-state index contributed by atoms with van der Waals surface area (Å²) >= 11 is 5.60. The van der Waals surface area contributed by atoms with Crippen molar-refractivity contribution >= 4 is 17.6 Å². The van der Waals surface area contributed by atoms with Gasteiger partial charge in [0.05, 0.1) is 0 Å². The van der Waals surface area contributed by atoms with E-state index in [0.717, 1.165) is 26.2 Å². The number of halogens is 1. The highest BCUT2D eigenvalue weighted by atomic mass is 35.5. The lowest BCUT2D eigenvalue weighted by Gasteiger charge is -2.30. The number of anilines is 1. The van der Waals surface area contributed by atoms with Crippen molar-refractivity contribution in [2.45, 2.75) is 6.42 Å². The van der Waals surface area contributed by atoms with Crippen LogP contribution in [0.1, 0.15) is 5.89 Å². The number of likely N-dealkylation sites (N-methyl/N-ethyl adjacent to an activating group) is 1. The Morgan fingerprint density at radius 1 is 1.27 bits per heavy atom.